The molecule has 1 aromatic carbocycles. The zero-order chi connectivity index (χ0) is 14.9. The highest BCUT2D eigenvalue weighted by Gasteiger charge is 2.14. The molecule has 1 aliphatic heterocycles. The number of carbonyl (C=O) groups excluding carboxylic acids is 1. The molecule has 5 heteroatoms. The van der Waals surface area contributed by atoms with E-state index >= 15 is 0 Å². The summed E-state index contributed by atoms with van der Waals surface area (Å²) < 4.78 is 5.40. The number of nitrogens with zero attached hydrogens (tertiary/aromatic N) is 1. The molecule has 1 saturated heterocycles. The normalized spacial score (nSPS) is 15.0. The fraction of sp³-hybridized carbons (Fsp3) is 0.562. The van der Waals surface area contributed by atoms with Crippen LogP contribution in [0.25, 0.3) is 0 Å². The summed E-state index contributed by atoms with van der Waals surface area (Å²) in [5.74, 6) is 0.113. The molecule has 1 aliphatic rings. The van der Waals surface area contributed by atoms with Gasteiger partial charge in [0.25, 0.3) is 0 Å². The third-order valence-corrected chi connectivity index (χ3v) is 3.65. The molecule has 1 amide bonds. The van der Waals surface area contributed by atoms with Gasteiger partial charge in [-0.15, -0.1) is 0 Å². The minimum absolute atomic E-state index is 0.113. The first-order valence-electron chi connectivity index (χ1n) is 7.63. The van der Waals surface area contributed by atoms with Gasteiger partial charge in [0.15, 0.2) is 0 Å². The van der Waals surface area contributed by atoms with Gasteiger partial charge in [0.2, 0.25) is 5.91 Å². The molecular weight excluding hydrogens is 266 g/mol. The highest BCUT2D eigenvalue weighted by Crippen LogP contribution is 2.21. The van der Waals surface area contributed by atoms with Crippen LogP contribution in [0.15, 0.2) is 24.3 Å². The summed E-state index contributed by atoms with van der Waals surface area (Å²) in [4.78, 5) is 14.1. The van der Waals surface area contributed by atoms with Crippen LogP contribution in [0.1, 0.15) is 18.4 Å². The van der Waals surface area contributed by atoms with Gasteiger partial charge in [-0.2, -0.15) is 0 Å². The molecule has 0 bridgehead atoms. The Balaban J connectivity index is 1.89. The van der Waals surface area contributed by atoms with Crippen LogP contribution in [-0.4, -0.2) is 45.8 Å². The number of amides is 1. The average molecular weight is 291 g/mol. The Hall–Kier alpha value is -1.59. The molecule has 0 atom stereocenters. The molecule has 0 saturated carbocycles. The molecule has 1 fully saturated rings. The van der Waals surface area contributed by atoms with Gasteiger partial charge in [0, 0.05) is 31.7 Å². The van der Waals surface area contributed by atoms with Gasteiger partial charge >= 0.3 is 0 Å². The topological polar surface area (TPSA) is 53.6 Å². The van der Waals surface area contributed by atoms with Crippen molar-refractivity contribution in [1.82, 2.24) is 10.6 Å². The quantitative estimate of drug-likeness (QED) is 0.740. The second-order valence-corrected chi connectivity index (χ2v) is 5.21. The monoisotopic (exact) mass is 291 g/mol. The summed E-state index contributed by atoms with van der Waals surface area (Å²) in [6.07, 6.45) is 1.44. The van der Waals surface area contributed by atoms with Crippen molar-refractivity contribution in [1.29, 1.82) is 0 Å². The van der Waals surface area contributed by atoms with E-state index in [1.807, 2.05) is 19.2 Å². The first kappa shape index (κ1) is 15.8. The third-order valence-electron chi connectivity index (χ3n) is 3.65. The highest BCUT2D eigenvalue weighted by molar-refractivity contribution is 5.76. The SMILES string of the molecule is CNCCCC(=O)NCc1ccccc1N1CCOCC1. The van der Waals surface area contributed by atoms with E-state index in [-0.39, 0.29) is 5.91 Å². The van der Waals surface area contributed by atoms with Crippen molar-refractivity contribution >= 4 is 11.6 Å². The Labute approximate surface area is 126 Å². The van der Waals surface area contributed by atoms with Gasteiger partial charge in [-0.1, -0.05) is 18.2 Å². The van der Waals surface area contributed by atoms with Crippen molar-refractivity contribution in [2.24, 2.45) is 0 Å². The molecular formula is C16H25N3O2. The van der Waals surface area contributed by atoms with Gasteiger partial charge in [-0.25, -0.2) is 0 Å². The van der Waals surface area contributed by atoms with Gasteiger partial charge in [0.05, 0.1) is 13.2 Å². The van der Waals surface area contributed by atoms with Crippen molar-refractivity contribution in [2.75, 3.05) is 44.8 Å². The van der Waals surface area contributed by atoms with Crippen molar-refractivity contribution < 1.29 is 9.53 Å². The smallest absolute Gasteiger partial charge is 0.220 e. The molecule has 0 spiro atoms. The first-order chi connectivity index (χ1) is 10.3. The molecule has 0 aliphatic carbocycles. The summed E-state index contributed by atoms with van der Waals surface area (Å²) in [6, 6.07) is 8.27. The molecule has 0 unspecified atom stereocenters. The second kappa shape index (κ2) is 8.64. The Kier molecular flexibility index (Phi) is 6.50. The van der Waals surface area contributed by atoms with Crippen molar-refractivity contribution in [2.45, 2.75) is 19.4 Å². The summed E-state index contributed by atoms with van der Waals surface area (Å²) in [6.45, 7) is 4.82. The van der Waals surface area contributed by atoms with E-state index in [9.17, 15) is 4.79 Å². The first-order valence-corrected chi connectivity index (χ1v) is 7.63. The third kappa shape index (κ3) is 5.02. The van der Waals surface area contributed by atoms with E-state index in [4.69, 9.17) is 4.74 Å². The summed E-state index contributed by atoms with van der Waals surface area (Å²) >= 11 is 0. The summed E-state index contributed by atoms with van der Waals surface area (Å²) in [5, 5.41) is 6.06. The number of carbonyl (C=O) groups is 1. The van der Waals surface area contributed by atoms with E-state index in [2.05, 4.69) is 27.7 Å². The Bertz CT molecular complexity index is 445. The van der Waals surface area contributed by atoms with E-state index in [0.717, 1.165) is 39.3 Å². The Morgan fingerprint density at radius 1 is 1.29 bits per heavy atom. The van der Waals surface area contributed by atoms with Crippen molar-refractivity contribution in [3.63, 3.8) is 0 Å². The number of rotatable bonds is 7. The lowest BCUT2D eigenvalue weighted by atomic mass is 10.1. The Morgan fingerprint density at radius 3 is 2.81 bits per heavy atom. The van der Waals surface area contributed by atoms with Gasteiger partial charge < -0.3 is 20.3 Å². The molecule has 116 valence electrons. The van der Waals surface area contributed by atoms with E-state index in [1.165, 1.54) is 11.3 Å². The van der Waals surface area contributed by atoms with Crippen molar-refractivity contribution in [3.8, 4) is 0 Å². The number of para-hydroxylation sites is 1. The minimum Gasteiger partial charge on any atom is -0.378 e. The average Bonchev–Trinajstić information content (AvgIpc) is 2.54. The molecule has 1 aromatic rings. The van der Waals surface area contributed by atoms with Gasteiger partial charge in [-0.05, 0) is 31.6 Å². The minimum atomic E-state index is 0.113. The predicted octanol–water partition coefficient (Wildman–Crippen LogP) is 1.14. The largest absolute Gasteiger partial charge is 0.378 e. The van der Waals surface area contributed by atoms with Crippen LogP contribution in [0.4, 0.5) is 5.69 Å². The van der Waals surface area contributed by atoms with Crippen LogP contribution in [0.3, 0.4) is 0 Å². The van der Waals surface area contributed by atoms with Crippen molar-refractivity contribution in [3.05, 3.63) is 29.8 Å². The zero-order valence-electron chi connectivity index (χ0n) is 12.7. The van der Waals surface area contributed by atoms with Crippen LogP contribution < -0.4 is 15.5 Å². The number of morpholine rings is 1. The fourth-order valence-electron chi connectivity index (χ4n) is 2.48. The molecule has 0 aromatic heterocycles. The maximum atomic E-state index is 11.8. The number of hydrogen-bond acceptors (Lipinski definition) is 4. The molecule has 1 heterocycles. The number of benzene rings is 1. The second-order valence-electron chi connectivity index (χ2n) is 5.21. The maximum Gasteiger partial charge on any atom is 0.220 e. The van der Waals surface area contributed by atoms with E-state index in [1.54, 1.807) is 0 Å². The van der Waals surface area contributed by atoms with Crippen LogP contribution in [0.2, 0.25) is 0 Å². The summed E-state index contributed by atoms with van der Waals surface area (Å²) in [5.41, 5.74) is 2.37. The van der Waals surface area contributed by atoms with Crippen LogP contribution >= 0.6 is 0 Å². The van der Waals surface area contributed by atoms with E-state index in [0.29, 0.717) is 13.0 Å². The maximum absolute atomic E-state index is 11.8. The molecule has 2 N–H and O–H groups in total. The standard InChI is InChI=1S/C16H25N3O2/c1-17-8-4-7-16(20)18-13-14-5-2-3-6-15(14)19-9-11-21-12-10-19/h2-3,5-6,17H,4,7-13H2,1H3,(H,18,20). The number of ether oxygens (including phenoxy) is 1. The lowest BCUT2D eigenvalue weighted by Crippen LogP contribution is -2.37. The fourth-order valence-corrected chi connectivity index (χ4v) is 2.48. The highest BCUT2D eigenvalue weighted by atomic mass is 16.5. The van der Waals surface area contributed by atoms with Crippen LogP contribution in [0, 0.1) is 0 Å². The predicted molar refractivity (Wildman–Crippen MR) is 84.5 cm³/mol. The lowest BCUT2D eigenvalue weighted by Gasteiger charge is -2.30. The van der Waals surface area contributed by atoms with E-state index < -0.39 is 0 Å². The number of hydrogen-bond donors (Lipinski definition) is 2. The lowest BCUT2D eigenvalue weighted by molar-refractivity contribution is -0.121. The summed E-state index contributed by atoms with van der Waals surface area (Å²) in [7, 11) is 1.90. The number of nitrogens with one attached hydrogen (secondary N) is 2. The molecule has 21 heavy (non-hydrogen) atoms. The van der Waals surface area contributed by atoms with Crippen LogP contribution in [0.5, 0.6) is 0 Å². The number of anilines is 1. The Morgan fingerprint density at radius 2 is 2.05 bits per heavy atom. The van der Waals surface area contributed by atoms with Crippen LogP contribution in [-0.2, 0) is 16.1 Å². The zero-order valence-corrected chi connectivity index (χ0v) is 12.7. The molecule has 2 rings (SSSR count). The van der Waals surface area contributed by atoms with Gasteiger partial charge in [-0.3, -0.25) is 4.79 Å². The van der Waals surface area contributed by atoms with Gasteiger partial charge in [0.1, 0.15) is 0 Å². The molecule has 0 radical (unpaired) electrons. The molecule has 5 nitrogen and oxygen atoms in total.